The third kappa shape index (κ3) is 4.35. The lowest BCUT2D eigenvalue weighted by Crippen LogP contribution is -2.15. The van der Waals surface area contributed by atoms with Crippen molar-refractivity contribution in [1.82, 2.24) is 0 Å². The minimum absolute atomic E-state index is 0.0665. The van der Waals surface area contributed by atoms with Crippen LogP contribution in [0.3, 0.4) is 0 Å². The van der Waals surface area contributed by atoms with E-state index in [2.05, 4.69) is 10.0 Å². The topological polar surface area (TPSA) is 101 Å². The summed E-state index contributed by atoms with van der Waals surface area (Å²) in [4.78, 5) is 12.2. The molecule has 0 N–H and O–H groups in total. The zero-order valence-corrected chi connectivity index (χ0v) is 8.69. The highest BCUT2D eigenvalue weighted by molar-refractivity contribution is 5.35. The van der Waals surface area contributed by atoms with Crippen molar-refractivity contribution < 1.29 is 14.1 Å². The zero-order valence-electron chi connectivity index (χ0n) is 8.69. The lowest BCUT2D eigenvalue weighted by molar-refractivity contribution is -0.384. The van der Waals surface area contributed by atoms with Crippen LogP contribution in [-0.2, 0) is 0 Å². The molecule has 1 rings (SSSR count). The summed E-state index contributed by atoms with van der Waals surface area (Å²) in [6, 6.07) is 5.27. The van der Waals surface area contributed by atoms with E-state index >= 15 is 0 Å². The number of azide groups is 1. The van der Waals surface area contributed by atoms with Crippen LogP contribution in [0.2, 0.25) is 0 Å². The molecular formula is C9H9FN4O3. The average molecular weight is 240 g/mol. The molecule has 0 aromatic heterocycles. The van der Waals surface area contributed by atoms with Crippen LogP contribution in [0.4, 0.5) is 10.1 Å². The summed E-state index contributed by atoms with van der Waals surface area (Å²) < 4.78 is 18.0. The Morgan fingerprint density at radius 2 is 2.18 bits per heavy atom. The van der Waals surface area contributed by atoms with Crippen molar-refractivity contribution in [2.75, 3.05) is 13.2 Å². The molecule has 0 aliphatic carbocycles. The minimum atomic E-state index is -1.40. The van der Waals surface area contributed by atoms with Gasteiger partial charge in [-0.15, -0.1) is 0 Å². The van der Waals surface area contributed by atoms with Gasteiger partial charge in [-0.3, -0.25) is 10.1 Å². The maximum Gasteiger partial charge on any atom is 0.269 e. The van der Waals surface area contributed by atoms with Crippen molar-refractivity contribution in [3.63, 3.8) is 0 Å². The number of nitrogens with zero attached hydrogens (tertiary/aromatic N) is 4. The lowest BCUT2D eigenvalue weighted by atomic mass is 10.3. The maximum atomic E-state index is 13.0. The van der Waals surface area contributed by atoms with Gasteiger partial charge in [0.2, 0.25) is 0 Å². The highest BCUT2D eigenvalue weighted by Crippen LogP contribution is 2.17. The first kappa shape index (κ1) is 12.7. The quantitative estimate of drug-likeness (QED) is 0.251. The predicted molar refractivity (Wildman–Crippen MR) is 57.5 cm³/mol. The summed E-state index contributed by atoms with van der Waals surface area (Å²) in [6.45, 7) is -0.569. The predicted octanol–water partition coefficient (Wildman–Crippen LogP) is 2.62. The van der Waals surface area contributed by atoms with Gasteiger partial charge in [-0.2, -0.15) is 0 Å². The number of alkyl halides is 1. The van der Waals surface area contributed by atoms with Crippen LogP contribution in [0, 0.1) is 10.1 Å². The molecule has 90 valence electrons. The van der Waals surface area contributed by atoms with Crippen LogP contribution < -0.4 is 4.74 Å². The number of rotatable bonds is 6. The number of hydrogen-bond donors (Lipinski definition) is 0. The first-order valence-corrected chi connectivity index (χ1v) is 4.65. The van der Waals surface area contributed by atoms with E-state index in [0.29, 0.717) is 5.75 Å². The molecule has 1 atom stereocenters. The molecule has 0 spiro atoms. The molecule has 0 aliphatic rings. The van der Waals surface area contributed by atoms with Crippen molar-refractivity contribution in [2.45, 2.75) is 6.17 Å². The van der Waals surface area contributed by atoms with Gasteiger partial charge >= 0.3 is 0 Å². The number of non-ortho nitro benzene ring substituents is 1. The second-order valence-corrected chi connectivity index (χ2v) is 3.07. The summed E-state index contributed by atoms with van der Waals surface area (Å²) in [5.74, 6) is 0.319. The molecule has 8 heteroatoms. The normalized spacial score (nSPS) is 11.4. The van der Waals surface area contributed by atoms with Crippen LogP contribution >= 0.6 is 0 Å². The van der Waals surface area contributed by atoms with Crippen molar-refractivity contribution >= 4 is 5.69 Å². The van der Waals surface area contributed by atoms with Gasteiger partial charge in [-0.05, 0) is 17.7 Å². The Morgan fingerprint density at radius 1 is 1.53 bits per heavy atom. The molecule has 0 saturated heterocycles. The van der Waals surface area contributed by atoms with Gasteiger partial charge in [0.1, 0.15) is 18.5 Å². The number of halogens is 1. The molecule has 0 saturated carbocycles. The number of ether oxygens (including phenoxy) is 1. The first-order valence-electron chi connectivity index (χ1n) is 4.65. The molecule has 7 nitrogen and oxygen atoms in total. The fourth-order valence-electron chi connectivity index (χ4n) is 1.03. The summed E-state index contributed by atoms with van der Waals surface area (Å²) in [5.41, 5.74) is 7.90. The van der Waals surface area contributed by atoms with Gasteiger partial charge in [0.05, 0.1) is 11.5 Å². The van der Waals surface area contributed by atoms with Gasteiger partial charge < -0.3 is 4.74 Å². The molecule has 0 heterocycles. The highest BCUT2D eigenvalue weighted by atomic mass is 19.1. The number of hydrogen-bond acceptors (Lipinski definition) is 4. The Hall–Kier alpha value is -2.34. The molecule has 0 fully saturated rings. The Balaban J connectivity index is 2.46. The molecule has 0 amide bonds. The first-order chi connectivity index (χ1) is 8.13. The lowest BCUT2D eigenvalue weighted by Gasteiger charge is -2.07. The fraction of sp³-hybridized carbons (Fsp3) is 0.333. The fourth-order valence-corrected chi connectivity index (χ4v) is 1.03. The molecule has 0 aliphatic heterocycles. The summed E-state index contributed by atoms with van der Waals surface area (Å²) in [5, 5.41) is 13.4. The molecule has 1 aromatic carbocycles. The summed E-state index contributed by atoms with van der Waals surface area (Å²) in [6.07, 6.45) is -1.40. The van der Waals surface area contributed by atoms with Gasteiger partial charge in [-0.1, -0.05) is 5.11 Å². The Labute approximate surface area is 95.6 Å². The van der Waals surface area contributed by atoms with E-state index in [1.807, 2.05) is 0 Å². The van der Waals surface area contributed by atoms with Crippen molar-refractivity contribution in [3.8, 4) is 5.75 Å². The van der Waals surface area contributed by atoms with Gasteiger partial charge in [-0.25, -0.2) is 4.39 Å². The van der Waals surface area contributed by atoms with Crippen LogP contribution in [0.25, 0.3) is 10.4 Å². The van der Waals surface area contributed by atoms with E-state index in [4.69, 9.17) is 10.3 Å². The monoisotopic (exact) mass is 240 g/mol. The largest absolute Gasteiger partial charge is 0.491 e. The van der Waals surface area contributed by atoms with Gasteiger partial charge in [0.15, 0.2) is 0 Å². The van der Waals surface area contributed by atoms with Crippen LogP contribution in [0.1, 0.15) is 0 Å². The SMILES string of the molecule is [N-]=[N+]=NC[C@H](F)COc1ccc([N+](=O)[O-])cc1. The average Bonchev–Trinajstić information content (AvgIpc) is 2.34. The van der Waals surface area contributed by atoms with Crippen molar-refractivity contribution in [3.05, 3.63) is 44.8 Å². The van der Waals surface area contributed by atoms with Gasteiger partial charge in [0, 0.05) is 17.0 Å². The van der Waals surface area contributed by atoms with E-state index in [1.54, 1.807) is 0 Å². The third-order valence-electron chi connectivity index (χ3n) is 1.82. The Kier molecular flexibility index (Phi) is 4.71. The second-order valence-electron chi connectivity index (χ2n) is 3.07. The summed E-state index contributed by atoms with van der Waals surface area (Å²) >= 11 is 0. The second kappa shape index (κ2) is 6.29. The molecule has 0 unspecified atom stereocenters. The van der Waals surface area contributed by atoms with Crippen molar-refractivity contribution in [2.24, 2.45) is 5.11 Å². The highest BCUT2D eigenvalue weighted by Gasteiger charge is 2.08. The van der Waals surface area contributed by atoms with Crippen LogP contribution in [-0.4, -0.2) is 24.2 Å². The summed E-state index contributed by atoms with van der Waals surface area (Å²) in [7, 11) is 0. The Bertz CT molecular complexity index is 430. The smallest absolute Gasteiger partial charge is 0.269 e. The van der Waals surface area contributed by atoms with E-state index in [1.165, 1.54) is 24.3 Å². The van der Waals surface area contributed by atoms with Crippen molar-refractivity contribution in [1.29, 1.82) is 0 Å². The third-order valence-corrected chi connectivity index (χ3v) is 1.82. The number of benzene rings is 1. The standard InChI is InChI=1S/C9H9FN4O3/c10-7(5-12-13-11)6-17-9-3-1-8(2-4-9)14(15)16/h1-4,7H,5-6H2/t7-/m0/s1. The number of nitro groups is 1. The molecule has 17 heavy (non-hydrogen) atoms. The van der Waals surface area contributed by atoms with E-state index in [0.717, 1.165) is 0 Å². The van der Waals surface area contributed by atoms with Crippen LogP contribution in [0.5, 0.6) is 5.75 Å². The van der Waals surface area contributed by atoms with Crippen LogP contribution in [0.15, 0.2) is 29.4 Å². The zero-order chi connectivity index (χ0) is 12.7. The molecule has 1 aromatic rings. The van der Waals surface area contributed by atoms with E-state index in [9.17, 15) is 14.5 Å². The molecule has 0 radical (unpaired) electrons. The Morgan fingerprint density at radius 3 is 2.71 bits per heavy atom. The van der Waals surface area contributed by atoms with E-state index in [-0.39, 0.29) is 18.8 Å². The molecular weight excluding hydrogens is 231 g/mol. The minimum Gasteiger partial charge on any atom is -0.491 e. The van der Waals surface area contributed by atoms with Gasteiger partial charge in [0.25, 0.3) is 5.69 Å². The molecule has 0 bridgehead atoms. The van der Waals surface area contributed by atoms with E-state index < -0.39 is 11.1 Å². The number of nitro benzene ring substituents is 1. The maximum absolute atomic E-state index is 13.0.